The molecule has 0 radical (unpaired) electrons. The summed E-state index contributed by atoms with van der Waals surface area (Å²) < 4.78 is 10.7. The molecule has 1 amide bonds. The van der Waals surface area contributed by atoms with Gasteiger partial charge in [-0.3, -0.25) is 4.79 Å². The molecular weight excluding hydrogens is 290 g/mol. The molecule has 0 aromatic heterocycles. The first-order valence-electron chi connectivity index (χ1n) is 7.70. The lowest BCUT2D eigenvalue weighted by Gasteiger charge is -2.17. The van der Waals surface area contributed by atoms with Gasteiger partial charge in [0.2, 0.25) is 5.91 Å². The third-order valence-electron chi connectivity index (χ3n) is 3.72. The molecule has 0 fully saturated rings. The molecule has 2 aromatic carbocycles. The third-order valence-corrected chi connectivity index (χ3v) is 3.72. The van der Waals surface area contributed by atoms with Crippen LogP contribution in [0.25, 0.3) is 0 Å². The van der Waals surface area contributed by atoms with Crippen molar-refractivity contribution >= 4 is 5.91 Å². The minimum atomic E-state index is -0.189. The Morgan fingerprint density at radius 1 is 1.09 bits per heavy atom. The van der Waals surface area contributed by atoms with Crippen LogP contribution in [0.3, 0.4) is 0 Å². The van der Waals surface area contributed by atoms with Gasteiger partial charge in [0.05, 0.1) is 13.2 Å². The monoisotopic (exact) mass is 313 g/mol. The summed E-state index contributed by atoms with van der Waals surface area (Å²) in [5.74, 6) is 0.804. The average molecular weight is 313 g/mol. The van der Waals surface area contributed by atoms with Gasteiger partial charge in [-0.25, -0.2) is 0 Å². The van der Waals surface area contributed by atoms with E-state index in [2.05, 4.69) is 5.32 Å². The number of nitrogens with one attached hydrogen (secondary N) is 1. The Bertz CT molecular complexity index is 613. The second kappa shape index (κ2) is 8.96. The Hall–Kier alpha value is -2.33. The maximum Gasteiger partial charge on any atom is 0.220 e. The number of ether oxygens (including phenoxy) is 2. The summed E-state index contributed by atoms with van der Waals surface area (Å²) in [4.78, 5) is 12.0. The maximum atomic E-state index is 12.0. The van der Waals surface area contributed by atoms with E-state index in [-0.39, 0.29) is 12.0 Å². The molecule has 0 saturated carbocycles. The van der Waals surface area contributed by atoms with E-state index in [0.29, 0.717) is 13.0 Å². The van der Waals surface area contributed by atoms with E-state index in [9.17, 15) is 4.79 Å². The molecule has 1 unspecified atom stereocenters. The van der Waals surface area contributed by atoms with Crippen molar-refractivity contribution < 1.29 is 14.3 Å². The number of aryl methyl sites for hydroxylation is 1. The van der Waals surface area contributed by atoms with Crippen LogP contribution < -0.4 is 10.1 Å². The van der Waals surface area contributed by atoms with Crippen molar-refractivity contribution in [2.75, 3.05) is 20.8 Å². The van der Waals surface area contributed by atoms with E-state index < -0.39 is 0 Å². The molecule has 0 aliphatic heterocycles. The van der Waals surface area contributed by atoms with Crippen molar-refractivity contribution in [1.82, 2.24) is 5.32 Å². The van der Waals surface area contributed by atoms with Crippen molar-refractivity contribution in [1.29, 1.82) is 0 Å². The zero-order chi connectivity index (χ0) is 16.5. The van der Waals surface area contributed by atoms with Crippen molar-refractivity contribution in [2.45, 2.75) is 18.9 Å². The summed E-state index contributed by atoms with van der Waals surface area (Å²) in [5.41, 5.74) is 2.15. The molecule has 23 heavy (non-hydrogen) atoms. The number of benzene rings is 2. The average Bonchev–Trinajstić information content (AvgIpc) is 2.61. The van der Waals surface area contributed by atoms with E-state index >= 15 is 0 Å². The third kappa shape index (κ3) is 5.42. The van der Waals surface area contributed by atoms with E-state index in [1.165, 1.54) is 5.56 Å². The zero-order valence-electron chi connectivity index (χ0n) is 13.6. The highest BCUT2D eigenvalue weighted by Crippen LogP contribution is 2.21. The fraction of sp³-hybridized carbons (Fsp3) is 0.316. The minimum absolute atomic E-state index is 0.0267. The molecule has 2 rings (SSSR count). The summed E-state index contributed by atoms with van der Waals surface area (Å²) in [6.07, 6.45) is 1.02. The first-order valence-corrected chi connectivity index (χ1v) is 7.70. The van der Waals surface area contributed by atoms with Gasteiger partial charge in [-0.15, -0.1) is 0 Å². The van der Waals surface area contributed by atoms with Gasteiger partial charge in [-0.05, 0) is 29.7 Å². The summed E-state index contributed by atoms with van der Waals surface area (Å²) in [6.45, 7) is 0.442. The summed E-state index contributed by atoms with van der Waals surface area (Å²) in [6, 6.07) is 17.7. The van der Waals surface area contributed by atoms with Crippen LogP contribution in [0.2, 0.25) is 0 Å². The fourth-order valence-electron chi connectivity index (χ4n) is 2.38. The largest absolute Gasteiger partial charge is 0.497 e. The van der Waals surface area contributed by atoms with Gasteiger partial charge < -0.3 is 14.8 Å². The minimum Gasteiger partial charge on any atom is -0.497 e. The number of amides is 1. The van der Waals surface area contributed by atoms with Gasteiger partial charge in [0, 0.05) is 20.1 Å². The number of rotatable bonds is 8. The Morgan fingerprint density at radius 3 is 2.57 bits per heavy atom. The van der Waals surface area contributed by atoms with Crippen molar-refractivity contribution in [3.63, 3.8) is 0 Å². The first-order chi connectivity index (χ1) is 11.2. The van der Waals surface area contributed by atoms with Gasteiger partial charge in [0.25, 0.3) is 0 Å². The predicted molar refractivity (Wildman–Crippen MR) is 90.5 cm³/mol. The number of carbonyl (C=O) groups is 1. The second-order valence-corrected chi connectivity index (χ2v) is 5.29. The highest BCUT2D eigenvalue weighted by Gasteiger charge is 2.13. The molecule has 0 heterocycles. The first kappa shape index (κ1) is 17.0. The summed E-state index contributed by atoms with van der Waals surface area (Å²) in [7, 11) is 3.27. The van der Waals surface area contributed by atoms with Crippen LogP contribution in [0, 0.1) is 0 Å². The van der Waals surface area contributed by atoms with Crippen LogP contribution in [0.4, 0.5) is 0 Å². The molecular formula is C19H23NO3. The fourth-order valence-corrected chi connectivity index (χ4v) is 2.38. The van der Waals surface area contributed by atoms with E-state index in [1.807, 2.05) is 54.6 Å². The molecule has 4 nitrogen and oxygen atoms in total. The molecule has 0 spiro atoms. The van der Waals surface area contributed by atoms with Crippen molar-refractivity contribution in [3.05, 3.63) is 65.7 Å². The van der Waals surface area contributed by atoms with Gasteiger partial charge >= 0.3 is 0 Å². The molecule has 0 saturated heterocycles. The number of methoxy groups -OCH3 is 2. The van der Waals surface area contributed by atoms with Crippen LogP contribution in [0.1, 0.15) is 23.7 Å². The van der Waals surface area contributed by atoms with Crippen molar-refractivity contribution in [2.24, 2.45) is 0 Å². The molecule has 1 atom stereocenters. The van der Waals surface area contributed by atoms with Gasteiger partial charge in [-0.1, -0.05) is 42.5 Å². The van der Waals surface area contributed by atoms with Crippen LogP contribution in [0.5, 0.6) is 5.75 Å². The molecule has 1 N–H and O–H groups in total. The molecule has 0 aliphatic carbocycles. The SMILES string of the molecule is COc1cccc(C(CNC(=O)CCc2ccccc2)OC)c1. The Labute approximate surface area is 137 Å². The van der Waals surface area contributed by atoms with E-state index in [4.69, 9.17) is 9.47 Å². The van der Waals surface area contributed by atoms with E-state index in [0.717, 1.165) is 17.7 Å². The quantitative estimate of drug-likeness (QED) is 0.814. The molecule has 122 valence electrons. The normalized spacial score (nSPS) is 11.7. The number of hydrogen-bond donors (Lipinski definition) is 1. The van der Waals surface area contributed by atoms with Crippen LogP contribution >= 0.6 is 0 Å². The zero-order valence-corrected chi connectivity index (χ0v) is 13.6. The van der Waals surface area contributed by atoms with Crippen LogP contribution in [0.15, 0.2) is 54.6 Å². The lowest BCUT2D eigenvalue weighted by Crippen LogP contribution is -2.29. The number of hydrogen-bond acceptors (Lipinski definition) is 3. The second-order valence-electron chi connectivity index (χ2n) is 5.29. The lowest BCUT2D eigenvalue weighted by atomic mass is 10.1. The Kier molecular flexibility index (Phi) is 6.63. The number of carbonyl (C=O) groups excluding carboxylic acids is 1. The summed E-state index contributed by atoms with van der Waals surface area (Å²) >= 11 is 0. The molecule has 4 heteroatoms. The van der Waals surface area contributed by atoms with Crippen LogP contribution in [-0.4, -0.2) is 26.7 Å². The predicted octanol–water partition coefficient (Wildman–Crippen LogP) is 3.13. The Balaban J connectivity index is 1.83. The standard InChI is InChI=1S/C19H23NO3/c1-22-17-10-6-9-16(13-17)18(23-2)14-20-19(21)12-11-15-7-4-3-5-8-15/h3-10,13,18H,11-12,14H2,1-2H3,(H,20,21). The molecule has 0 aliphatic rings. The topological polar surface area (TPSA) is 47.6 Å². The van der Waals surface area contributed by atoms with Gasteiger partial charge in [0.1, 0.15) is 5.75 Å². The lowest BCUT2D eigenvalue weighted by molar-refractivity contribution is -0.121. The summed E-state index contributed by atoms with van der Waals surface area (Å²) in [5, 5.41) is 2.94. The smallest absolute Gasteiger partial charge is 0.220 e. The van der Waals surface area contributed by atoms with Gasteiger partial charge in [-0.2, -0.15) is 0 Å². The van der Waals surface area contributed by atoms with Gasteiger partial charge in [0.15, 0.2) is 0 Å². The highest BCUT2D eigenvalue weighted by molar-refractivity contribution is 5.76. The van der Waals surface area contributed by atoms with E-state index in [1.54, 1.807) is 14.2 Å². The molecule has 2 aromatic rings. The van der Waals surface area contributed by atoms with Crippen LogP contribution in [-0.2, 0) is 16.0 Å². The van der Waals surface area contributed by atoms with Crippen molar-refractivity contribution in [3.8, 4) is 5.75 Å². The highest BCUT2D eigenvalue weighted by atomic mass is 16.5. The Morgan fingerprint density at radius 2 is 1.87 bits per heavy atom. The molecule has 0 bridgehead atoms. The maximum absolute atomic E-state index is 12.0.